The Morgan fingerprint density at radius 1 is 1.50 bits per heavy atom. The van der Waals surface area contributed by atoms with Crippen molar-refractivity contribution in [3.63, 3.8) is 0 Å². The lowest BCUT2D eigenvalue weighted by Crippen LogP contribution is -2.27. The fraction of sp³-hybridized carbons (Fsp3) is 0.231. The Morgan fingerprint density at radius 2 is 2.33 bits per heavy atom. The number of amides is 1. The predicted octanol–water partition coefficient (Wildman–Crippen LogP) is 1.76. The van der Waals surface area contributed by atoms with E-state index in [9.17, 15) is 9.18 Å². The van der Waals surface area contributed by atoms with Crippen LogP contribution in [0.4, 0.5) is 4.39 Å². The summed E-state index contributed by atoms with van der Waals surface area (Å²) in [5, 5.41) is 2.67. The first-order valence-electron chi connectivity index (χ1n) is 5.67. The second-order valence-corrected chi connectivity index (χ2v) is 4.04. The minimum Gasteiger partial charge on any atom is -0.350 e. The van der Waals surface area contributed by atoms with E-state index in [1.807, 2.05) is 4.57 Å². The summed E-state index contributed by atoms with van der Waals surface area (Å²) < 4.78 is 15.4. The summed E-state index contributed by atoms with van der Waals surface area (Å²) in [6.45, 7) is 2.82. The molecule has 0 saturated heterocycles. The zero-order valence-corrected chi connectivity index (χ0v) is 10.1. The highest BCUT2D eigenvalue weighted by Gasteiger charge is 2.10. The lowest BCUT2D eigenvalue weighted by Gasteiger charge is -2.07. The zero-order valence-electron chi connectivity index (χ0n) is 10.1. The number of halogens is 1. The molecule has 1 amide bonds. The molecule has 2 rings (SSSR count). The van der Waals surface area contributed by atoms with Crippen LogP contribution in [0.5, 0.6) is 0 Å². The largest absolute Gasteiger partial charge is 0.350 e. The molecule has 5 heteroatoms. The van der Waals surface area contributed by atoms with E-state index in [4.69, 9.17) is 0 Å². The molecule has 4 nitrogen and oxygen atoms in total. The molecule has 0 saturated carbocycles. The molecular formula is C13H14FN3O. The van der Waals surface area contributed by atoms with E-state index >= 15 is 0 Å². The third-order valence-corrected chi connectivity index (χ3v) is 2.58. The Kier molecular flexibility index (Phi) is 3.72. The number of nitrogens with zero attached hydrogens (tertiary/aromatic N) is 2. The zero-order chi connectivity index (χ0) is 13.0. The average Bonchev–Trinajstić information content (AvgIpc) is 2.81. The highest BCUT2D eigenvalue weighted by molar-refractivity contribution is 5.94. The van der Waals surface area contributed by atoms with E-state index in [2.05, 4.69) is 10.3 Å². The van der Waals surface area contributed by atoms with E-state index in [0.29, 0.717) is 13.1 Å². The van der Waals surface area contributed by atoms with E-state index in [1.54, 1.807) is 31.7 Å². The van der Waals surface area contributed by atoms with Crippen molar-refractivity contribution in [1.82, 2.24) is 14.9 Å². The van der Waals surface area contributed by atoms with E-state index in [0.717, 1.165) is 5.56 Å². The molecule has 18 heavy (non-hydrogen) atoms. The van der Waals surface area contributed by atoms with Gasteiger partial charge < -0.3 is 9.88 Å². The predicted molar refractivity (Wildman–Crippen MR) is 65.7 cm³/mol. The second kappa shape index (κ2) is 5.44. The molecule has 94 valence electrons. The van der Waals surface area contributed by atoms with Gasteiger partial charge in [0.1, 0.15) is 5.82 Å². The maximum atomic E-state index is 13.5. The van der Waals surface area contributed by atoms with E-state index in [-0.39, 0.29) is 5.56 Å². The molecule has 0 spiro atoms. The first kappa shape index (κ1) is 12.3. The highest BCUT2D eigenvalue weighted by Crippen LogP contribution is 2.09. The van der Waals surface area contributed by atoms with Gasteiger partial charge in [-0.25, -0.2) is 9.37 Å². The Bertz CT molecular complexity index is 537. The normalized spacial score (nSPS) is 10.3. The van der Waals surface area contributed by atoms with Crippen molar-refractivity contribution in [2.24, 2.45) is 0 Å². The maximum absolute atomic E-state index is 13.5. The minimum absolute atomic E-state index is 0.0752. The summed E-state index contributed by atoms with van der Waals surface area (Å²) in [7, 11) is 0. The molecule has 1 aromatic carbocycles. The van der Waals surface area contributed by atoms with Crippen molar-refractivity contribution >= 4 is 5.91 Å². The smallest absolute Gasteiger partial charge is 0.254 e. The molecule has 0 aliphatic rings. The van der Waals surface area contributed by atoms with Gasteiger partial charge in [0.25, 0.3) is 5.91 Å². The maximum Gasteiger partial charge on any atom is 0.254 e. The molecule has 1 N–H and O–H groups in total. The monoisotopic (exact) mass is 247 g/mol. The molecule has 0 unspecified atom stereocenters. The van der Waals surface area contributed by atoms with Crippen LogP contribution in [0.2, 0.25) is 0 Å². The van der Waals surface area contributed by atoms with Crippen molar-refractivity contribution in [2.75, 3.05) is 6.54 Å². The Morgan fingerprint density at radius 3 is 3.00 bits per heavy atom. The Labute approximate surface area is 104 Å². The second-order valence-electron chi connectivity index (χ2n) is 4.04. The van der Waals surface area contributed by atoms with Crippen LogP contribution in [-0.2, 0) is 6.54 Å². The highest BCUT2D eigenvalue weighted by atomic mass is 19.1. The number of carbonyl (C=O) groups is 1. The number of hydrogen-bond acceptors (Lipinski definition) is 2. The first-order chi connectivity index (χ1) is 8.66. The summed E-state index contributed by atoms with van der Waals surface area (Å²) in [5.41, 5.74) is 0.869. The molecule has 0 aliphatic carbocycles. The first-order valence-corrected chi connectivity index (χ1v) is 5.67. The number of rotatable bonds is 4. The molecule has 1 heterocycles. The fourth-order valence-corrected chi connectivity index (χ4v) is 1.62. The van der Waals surface area contributed by atoms with Gasteiger partial charge in [-0.05, 0) is 24.6 Å². The molecule has 0 bridgehead atoms. The van der Waals surface area contributed by atoms with Gasteiger partial charge in [0.15, 0.2) is 0 Å². The third-order valence-electron chi connectivity index (χ3n) is 2.58. The van der Waals surface area contributed by atoms with Crippen LogP contribution in [0, 0.1) is 12.7 Å². The fourth-order valence-electron chi connectivity index (χ4n) is 1.62. The molecule has 0 aliphatic heterocycles. The van der Waals surface area contributed by atoms with Crippen LogP contribution in [0.3, 0.4) is 0 Å². The molecule has 0 atom stereocenters. The quantitative estimate of drug-likeness (QED) is 0.894. The van der Waals surface area contributed by atoms with Crippen LogP contribution in [0.15, 0.2) is 36.9 Å². The van der Waals surface area contributed by atoms with Gasteiger partial charge in [-0.1, -0.05) is 6.07 Å². The van der Waals surface area contributed by atoms with E-state index in [1.165, 1.54) is 12.1 Å². The lowest BCUT2D eigenvalue weighted by molar-refractivity contribution is 0.0948. The van der Waals surface area contributed by atoms with Gasteiger partial charge in [-0.15, -0.1) is 0 Å². The van der Waals surface area contributed by atoms with Crippen molar-refractivity contribution in [3.05, 3.63) is 53.9 Å². The summed E-state index contributed by atoms with van der Waals surface area (Å²) in [6.07, 6.45) is 5.14. The van der Waals surface area contributed by atoms with Crippen LogP contribution < -0.4 is 5.32 Å². The molecular weight excluding hydrogens is 233 g/mol. The lowest BCUT2D eigenvalue weighted by atomic mass is 10.1. The summed E-state index contributed by atoms with van der Waals surface area (Å²) in [4.78, 5) is 15.6. The number of carbonyl (C=O) groups excluding carboxylic acids is 1. The molecule has 0 fully saturated rings. The third kappa shape index (κ3) is 2.94. The van der Waals surface area contributed by atoms with Gasteiger partial charge in [0, 0.05) is 25.5 Å². The van der Waals surface area contributed by atoms with Crippen LogP contribution >= 0.6 is 0 Å². The van der Waals surface area contributed by atoms with Crippen molar-refractivity contribution < 1.29 is 9.18 Å². The number of aryl methyl sites for hydroxylation is 1. The molecule has 0 radical (unpaired) electrons. The summed E-state index contributed by atoms with van der Waals surface area (Å²) >= 11 is 0. The van der Waals surface area contributed by atoms with Gasteiger partial charge >= 0.3 is 0 Å². The van der Waals surface area contributed by atoms with Crippen LogP contribution in [0.25, 0.3) is 0 Å². The number of hydrogen-bond donors (Lipinski definition) is 1. The number of benzene rings is 1. The minimum atomic E-state index is -0.491. The summed E-state index contributed by atoms with van der Waals surface area (Å²) in [5.74, 6) is -0.886. The van der Waals surface area contributed by atoms with Crippen molar-refractivity contribution in [2.45, 2.75) is 13.5 Å². The van der Waals surface area contributed by atoms with Crippen molar-refractivity contribution in [1.29, 1.82) is 0 Å². The Hall–Kier alpha value is -2.17. The SMILES string of the molecule is Cc1ccc(C(=O)NCCn2ccnc2)c(F)c1. The average molecular weight is 247 g/mol. The number of aromatic nitrogens is 2. The number of nitrogens with one attached hydrogen (secondary N) is 1. The van der Waals surface area contributed by atoms with Gasteiger partial charge in [-0.2, -0.15) is 0 Å². The number of imidazole rings is 1. The van der Waals surface area contributed by atoms with Gasteiger partial charge in [-0.3, -0.25) is 4.79 Å². The Balaban J connectivity index is 1.91. The van der Waals surface area contributed by atoms with Crippen molar-refractivity contribution in [3.8, 4) is 0 Å². The van der Waals surface area contributed by atoms with Gasteiger partial charge in [0.05, 0.1) is 11.9 Å². The molecule has 2 aromatic rings. The van der Waals surface area contributed by atoms with Gasteiger partial charge in [0.2, 0.25) is 0 Å². The molecule has 1 aromatic heterocycles. The van der Waals surface area contributed by atoms with E-state index < -0.39 is 11.7 Å². The standard InChI is InChI=1S/C13H14FN3O/c1-10-2-3-11(12(14)8-10)13(18)16-5-7-17-6-4-15-9-17/h2-4,6,8-9H,5,7H2,1H3,(H,16,18). The van der Waals surface area contributed by atoms with Crippen LogP contribution in [-0.4, -0.2) is 22.0 Å². The topological polar surface area (TPSA) is 46.9 Å². The summed E-state index contributed by atoms with van der Waals surface area (Å²) in [6, 6.07) is 4.57. The van der Waals surface area contributed by atoms with Crippen LogP contribution in [0.1, 0.15) is 15.9 Å².